The Hall–Kier alpha value is -2.00. The van der Waals surface area contributed by atoms with Crippen LogP contribution in [-0.4, -0.2) is 18.6 Å². The molecule has 4 heteroatoms. The predicted octanol–water partition coefficient (Wildman–Crippen LogP) is 4.90. The van der Waals surface area contributed by atoms with E-state index in [1.165, 1.54) is 0 Å². The van der Waals surface area contributed by atoms with Gasteiger partial charge in [0.25, 0.3) is 5.91 Å². The maximum absolute atomic E-state index is 12.3. The van der Waals surface area contributed by atoms with Crippen LogP contribution in [0.1, 0.15) is 43.4 Å². The summed E-state index contributed by atoms with van der Waals surface area (Å²) < 4.78 is 5.94. The van der Waals surface area contributed by atoms with Crippen LogP contribution in [-0.2, 0) is 11.2 Å². The number of carbonyl (C=O) groups excluding carboxylic acids is 1. The summed E-state index contributed by atoms with van der Waals surface area (Å²) in [4.78, 5) is 12.3. The Morgan fingerprint density at radius 3 is 2.44 bits per heavy atom. The zero-order chi connectivity index (χ0) is 18.4. The van der Waals surface area contributed by atoms with Crippen molar-refractivity contribution in [3.8, 4) is 5.75 Å². The van der Waals surface area contributed by atoms with E-state index in [0.717, 1.165) is 28.9 Å². The highest BCUT2D eigenvalue weighted by Crippen LogP contribution is 2.28. The van der Waals surface area contributed by atoms with E-state index in [4.69, 9.17) is 16.3 Å². The van der Waals surface area contributed by atoms with E-state index in [-0.39, 0.29) is 5.91 Å². The molecule has 1 atom stereocenters. The Balaban J connectivity index is 1.90. The summed E-state index contributed by atoms with van der Waals surface area (Å²) in [6.45, 7) is 8.61. The lowest BCUT2D eigenvalue weighted by Gasteiger charge is -2.19. The summed E-state index contributed by atoms with van der Waals surface area (Å²) in [5.74, 6) is 1.02. The number of amides is 1. The van der Waals surface area contributed by atoms with Crippen molar-refractivity contribution in [2.45, 2.75) is 46.1 Å². The lowest BCUT2D eigenvalue weighted by Crippen LogP contribution is -2.37. The molecule has 0 aliphatic rings. The van der Waals surface area contributed by atoms with Crippen molar-refractivity contribution >= 4 is 17.5 Å². The smallest absolute Gasteiger partial charge is 0.260 e. The Bertz CT molecular complexity index is 710. The molecule has 0 radical (unpaired) electrons. The second-order valence-electron chi connectivity index (χ2n) is 6.62. The van der Waals surface area contributed by atoms with Gasteiger partial charge in [-0.1, -0.05) is 49.7 Å². The molecule has 1 N–H and O–H groups in total. The van der Waals surface area contributed by atoms with Gasteiger partial charge in [-0.15, -0.1) is 0 Å². The highest BCUT2D eigenvalue weighted by molar-refractivity contribution is 6.30. The second-order valence-corrected chi connectivity index (χ2v) is 7.06. The molecule has 0 unspecified atom stereocenters. The molecule has 25 heavy (non-hydrogen) atoms. The summed E-state index contributed by atoms with van der Waals surface area (Å²) in [5.41, 5.74) is 3.38. The molecule has 1 amide bonds. The number of carbonyl (C=O) groups is 1. The third-order valence-electron chi connectivity index (χ3n) is 4.09. The maximum atomic E-state index is 12.3. The van der Waals surface area contributed by atoms with Gasteiger partial charge in [0.1, 0.15) is 5.75 Å². The number of hydrogen-bond donors (Lipinski definition) is 1. The van der Waals surface area contributed by atoms with E-state index in [0.29, 0.717) is 17.5 Å². The van der Waals surface area contributed by atoms with E-state index < -0.39 is 6.10 Å². The first kappa shape index (κ1) is 19.3. The van der Waals surface area contributed by atoms with Crippen molar-refractivity contribution in [3.05, 3.63) is 64.2 Å². The number of rotatable bonds is 7. The lowest BCUT2D eigenvalue weighted by molar-refractivity contribution is -0.127. The minimum atomic E-state index is -0.537. The Morgan fingerprint density at radius 1 is 1.12 bits per heavy atom. The van der Waals surface area contributed by atoms with Gasteiger partial charge < -0.3 is 10.1 Å². The second kappa shape index (κ2) is 8.91. The van der Waals surface area contributed by atoms with Gasteiger partial charge in [0.15, 0.2) is 6.10 Å². The van der Waals surface area contributed by atoms with Crippen LogP contribution in [0.4, 0.5) is 0 Å². The normalized spacial score (nSPS) is 12.1. The molecule has 134 valence electrons. The molecule has 0 aliphatic carbocycles. The number of benzene rings is 2. The molecule has 0 heterocycles. The first-order valence-corrected chi connectivity index (χ1v) is 9.04. The largest absolute Gasteiger partial charge is 0.481 e. The molecule has 2 aromatic rings. The van der Waals surface area contributed by atoms with Gasteiger partial charge in [0.05, 0.1) is 0 Å². The summed E-state index contributed by atoms with van der Waals surface area (Å²) in [6.07, 6.45) is 0.224. The summed E-state index contributed by atoms with van der Waals surface area (Å²) in [7, 11) is 0. The first-order chi connectivity index (χ1) is 11.9. The Kier molecular flexibility index (Phi) is 6.89. The van der Waals surface area contributed by atoms with E-state index in [2.05, 4.69) is 31.3 Å². The SMILES string of the molecule is Cc1ccc(C(C)C)c(O[C@H](C)C(=O)NCCc2ccc(Cl)cc2)c1. The van der Waals surface area contributed by atoms with Crippen molar-refractivity contribution in [2.75, 3.05) is 6.54 Å². The average Bonchev–Trinajstić information content (AvgIpc) is 2.56. The van der Waals surface area contributed by atoms with Crippen molar-refractivity contribution in [3.63, 3.8) is 0 Å². The predicted molar refractivity (Wildman–Crippen MR) is 104 cm³/mol. The highest BCUT2D eigenvalue weighted by atomic mass is 35.5. The van der Waals surface area contributed by atoms with E-state index in [9.17, 15) is 4.79 Å². The van der Waals surface area contributed by atoms with Gasteiger partial charge in [-0.3, -0.25) is 4.79 Å². The fraction of sp³-hybridized carbons (Fsp3) is 0.381. The lowest BCUT2D eigenvalue weighted by atomic mass is 10.0. The minimum absolute atomic E-state index is 0.106. The zero-order valence-corrected chi connectivity index (χ0v) is 16.1. The molecular formula is C21H26ClNO2. The standard InChI is InChI=1S/C21H26ClNO2/c1-14(2)19-10-5-15(3)13-20(19)25-16(4)21(24)23-12-11-17-6-8-18(22)9-7-17/h5-10,13-14,16H,11-12H2,1-4H3,(H,23,24)/t16-/m1/s1. The molecule has 0 aliphatic heterocycles. The molecular weight excluding hydrogens is 334 g/mol. The number of halogens is 1. The van der Waals surface area contributed by atoms with Gasteiger partial charge in [-0.25, -0.2) is 0 Å². The van der Waals surface area contributed by atoms with Crippen molar-refractivity contribution in [1.29, 1.82) is 0 Å². The third kappa shape index (κ3) is 5.79. The van der Waals surface area contributed by atoms with Gasteiger partial charge in [0.2, 0.25) is 0 Å². The van der Waals surface area contributed by atoms with E-state index >= 15 is 0 Å². The van der Waals surface area contributed by atoms with Gasteiger partial charge in [0, 0.05) is 11.6 Å². The van der Waals surface area contributed by atoms with Crippen LogP contribution in [0.25, 0.3) is 0 Å². The maximum Gasteiger partial charge on any atom is 0.260 e. The Labute approximate surface area is 155 Å². The number of hydrogen-bond acceptors (Lipinski definition) is 2. The minimum Gasteiger partial charge on any atom is -0.481 e. The molecule has 0 fully saturated rings. The quantitative estimate of drug-likeness (QED) is 0.763. The molecule has 0 saturated carbocycles. The van der Waals surface area contributed by atoms with E-state index in [1.807, 2.05) is 37.3 Å². The molecule has 0 saturated heterocycles. The van der Waals surface area contributed by atoms with Crippen LogP contribution in [0, 0.1) is 6.92 Å². The van der Waals surface area contributed by atoms with Crippen LogP contribution < -0.4 is 10.1 Å². The summed E-state index contributed by atoms with van der Waals surface area (Å²) >= 11 is 5.87. The summed E-state index contributed by atoms with van der Waals surface area (Å²) in [6, 6.07) is 13.8. The average molecular weight is 360 g/mol. The van der Waals surface area contributed by atoms with Crippen molar-refractivity contribution < 1.29 is 9.53 Å². The molecule has 0 aromatic heterocycles. The number of aryl methyl sites for hydroxylation is 1. The van der Waals surface area contributed by atoms with Crippen LogP contribution in [0.2, 0.25) is 5.02 Å². The zero-order valence-electron chi connectivity index (χ0n) is 15.3. The molecule has 0 bridgehead atoms. The number of ether oxygens (including phenoxy) is 1. The molecule has 3 nitrogen and oxygen atoms in total. The van der Waals surface area contributed by atoms with Gasteiger partial charge >= 0.3 is 0 Å². The fourth-order valence-corrected chi connectivity index (χ4v) is 2.72. The highest BCUT2D eigenvalue weighted by Gasteiger charge is 2.17. The molecule has 0 spiro atoms. The number of nitrogens with one attached hydrogen (secondary N) is 1. The molecule has 2 rings (SSSR count). The summed E-state index contributed by atoms with van der Waals surface area (Å²) in [5, 5.41) is 3.65. The van der Waals surface area contributed by atoms with E-state index in [1.54, 1.807) is 6.92 Å². The van der Waals surface area contributed by atoms with Crippen molar-refractivity contribution in [2.24, 2.45) is 0 Å². The van der Waals surface area contributed by atoms with Crippen LogP contribution in [0.5, 0.6) is 5.75 Å². The fourth-order valence-electron chi connectivity index (χ4n) is 2.59. The third-order valence-corrected chi connectivity index (χ3v) is 4.34. The first-order valence-electron chi connectivity index (χ1n) is 8.66. The van der Waals surface area contributed by atoms with Gasteiger partial charge in [-0.05, 0) is 61.1 Å². The van der Waals surface area contributed by atoms with Crippen molar-refractivity contribution in [1.82, 2.24) is 5.32 Å². The van der Waals surface area contributed by atoms with Crippen LogP contribution in [0.15, 0.2) is 42.5 Å². The molecule has 2 aromatic carbocycles. The monoisotopic (exact) mass is 359 g/mol. The topological polar surface area (TPSA) is 38.3 Å². The van der Waals surface area contributed by atoms with Crippen LogP contribution in [0.3, 0.4) is 0 Å². The van der Waals surface area contributed by atoms with Crippen LogP contribution >= 0.6 is 11.6 Å². The van der Waals surface area contributed by atoms with Gasteiger partial charge in [-0.2, -0.15) is 0 Å². The Morgan fingerprint density at radius 2 is 1.80 bits per heavy atom.